The van der Waals surface area contributed by atoms with E-state index in [0.29, 0.717) is 23.9 Å². The van der Waals surface area contributed by atoms with E-state index in [1.165, 1.54) is 109 Å². The molecule has 3 unspecified atom stereocenters. The first-order valence-electron chi connectivity index (χ1n) is 27.1. The lowest BCUT2D eigenvalue weighted by Crippen LogP contribution is -2.47. The van der Waals surface area contributed by atoms with E-state index in [-0.39, 0.29) is 31.5 Å². The zero-order valence-electron chi connectivity index (χ0n) is 43.7. The van der Waals surface area contributed by atoms with Gasteiger partial charge in [-0.25, -0.2) is 4.57 Å². The summed E-state index contributed by atoms with van der Waals surface area (Å²) in [6.07, 6.45) is 56.4. The maximum Gasteiger partial charge on any atom is 0.472 e. The van der Waals surface area contributed by atoms with Crippen LogP contribution in [0.25, 0.3) is 0 Å². The van der Waals surface area contributed by atoms with Crippen LogP contribution < -0.4 is 5.32 Å². The summed E-state index contributed by atoms with van der Waals surface area (Å²) in [4.78, 5) is 37.4. The molecule has 0 aliphatic heterocycles. The number of unbranched alkanes of at least 4 members (excludes halogenated alkanes) is 24. The summed E-state index contributed by atoms with van der Waals surface area (Å²) in [7, 11) is 1.47. The standard InChI is InChI=1S/C56H103N2O7P/c1-7-10-13-16-19-22-25-27-28-29-31-34-36-39-42-45-48-55(59)57-53(52-64-66(61,62)63-51-50-58(4,5)6)54(47-44-41-38-35-33-30-26-23-20-17-14-11-8-2)65-56(60)49-46-43-40-37-32-24-21-18-15-12-9-3/h10,13,19,22,27-28,31,34,44,47,53-54H,7-9,11-12,14-18,20-21,23-26,29-30,32-33,35-43,45-46,48-52H2,1-6H3,(H-,57,59,61,62)/p+1/b13-10+,22-19+,28-27+,34-31+,47-44+. The molecule has 0 aromatic rings. The minimum absolute atomic E-state index is 0.0332. The zero-order chi connectivity index (χ0) is 48.7. The molecule has 0 heterocycles. The lowest BCUT2D eigenvalue weighted by molar-refractivity contribution is -0.870. The smallest absolute Gasteiger partial charge is 0.456 e. The van der Waals surface area contributed by atoms with E-state index in [1.54, 1.807) is 0 Å². The first-order chi connectivity index (χ1) is 31.9. The van der Waals surface area contributed by atoms with Gasteiger partial charge < -0.3 is 19.4 Å². The molecule has 384 valence electrons. The van der Waals surface area contributed by atoms with Crippen molar-refractivity contribution >= 4 is 19.7 Å². The monoisotopic (exact) mass is 948 g/mol. The molecule has 0 aromatic carbocycles. The minimum Gasteiger partial charge on any atom is -0.456 e. The molecule has 0 aliphatic carbocycles. The quantitative estimate of drug-likeness (QED) is 0.0205. The van der Waals surface area contributed by atoms with Crippen LogP contribution >= 0.6 is 7.82 Å². The van der Waals surface area contributed by atoms with Gasteiger partial charge in [-0.05, 0) is 70.3 Å². The summed E-state index contributed by atoms with van der Waals surface area (Å²) in [6.45, 7) is 6.86. The fraction of sp³-hybridized carbons (Fsp3) is 0.786. The van der Waals surface area contributed by atoms with Crippen LogP contribution in [-0.4, -0.2) is 74.3 Å². The second-order valence-electron chi connectivity index (χ2n) is 19.4. The average molecular weight is 948 g/mol. The number of amides is 1. The van der Waals surface area contributed by atoms with Crippen LogP contribution in [0.15, 0.2) is 60.8 Å². The van der Waals surface area contributed by atoms with Gasteiger partial charge in [0, 0.05) is 12.8 Å². The number of allylic oxidation sites excluding steroid dienone is 9. The molecule has 2 N–H and O–H groups in total. The average Bonchev–Trinajstić information content (AvgIpc) is 3.27. The topological polar surface area (TPSA) is 111 Å². The Morgan fingerprint density at radius 3 is 1.47 bits per heavy atom. The van der Waals surface area contributed by atoms with Crippen molar-refractivity contribution in [1.82, 2.24) is 5.32 Å². The van der Waals surface area contributed by atoms with E-state index in [4.69, 9.17) is 13.8 Å². The van der Waals surface area contributed by atoms with Crippen molar-refractivity contribution in [1.29, 1.82) is 0 Å². The molecule has 10 heteroatoms. The Morgan fingerprint density at radius 2 is 0.970 bits per heavy atom. The molecule has 0 saturated carbocycles. The molecule has 0 saturated heterocycles. The molecule has 0 aromatic heterocycles. The van der Waals surface area contributed by atoms with Crippen molar-refractivity contribution in [2.24, 2.45) is 0 Å². The number of likely N-dealkylation sites (N-methyl/N-ethyl adjacent to an activating group) is 1. The largest absolute Gasteiger partial charge is 0.472 e. The fourth-order valence-corrected chi connectivity index (χ4v) is 8.25. The van der Waals surface area contributed by atoms with E-state index in [9.17, 15) is 19.0 Å². The van der Waals surface area contributed by atoms with Gasteiger partial charge in [0.2, 0.25) is 5.91 Å². The number of rotatable bonds is 48. The number of quaternary nitrogens is 1. The number of hydrogen-bond acceptors (Lipinski definition) is 6. The van der Waals surface area contributed by atoms with Crippen LogP contribution in [0.2, 0.25) is 0 Å². The van der Waals surface area contributed by atoms with Crippen molar-refractivity contribution < 1.29 is 37.3 Å². The van der Waals surface area contributed by atoms with Crippen molar-refractivity contribution in [2.45, 2.75) is 245 Å². The van der Waals surface area contributed by atoms with Crippen LogP contribution in [0.4, 0.5) is 0 Å². The number of phosphoric ester groups is 1. The highest BCUT2D eigenvalue weighted by Crippen LogP contribution is 2.43. The predicted molar refractivity (Wildman–Crippen MR) is 282 cm³/mol. The number of carbonyl (C=O) groups is 2. The molecule has 9 nitrogen and oxygen atoms in total. The minimum atomic E-state index is -4.45. The Morgan fingerprint density at radius 1 is 0.545 bits per heavy atom. The summed E-state index contributed by atoms with van der Waals surface area (Å²) in [6, 6.07) is -0.862. The van der Waals surface area contributed by atoms with Gasteiger partial charge in [0.05, 0.1) is 33.8 Å². The molecule has 0 fully saturated rings. The number of nitrogens with zero attached hydrogens (tertiary/aromatic N) is 1. The van der Waals surface area contributed by atoms with Gasteiger partial charge in [-0.15, -0.1) is 0 Å². The predicted octanol–water partition coefficient (Wildman–Crippen LogP) is 15.9. The number of ether oxygens (including phenoxy) is 1. The number of esters is 1. The van der Waals surface area contributed by atoms with Crippen molar-refractivity contribution in [3.63, 3.8) is 0 Å². The molecule has 0 rings (SSSR count). The molecule has 1 amide bonds. The summed E-state index contributed by atoms with van der Waals surface area (Å²) in [5.74, 6) is -0.541. The normalized spacial score (nSPS) is 14.3. The summed E-state index contributed by atoms with van der Waals surface area (Å²) in [5.41, 5.74) is 0. The molecule has 0 spiro atoms. The maximum absolute atomic E-state index is 13.4. The molecular weight excluding hydrogens is 844 g/mol. The second kappa shape index (κ2) is 46.4. The number of hydrogen-bond donors (Lipinski definition) is 2. The van der Waals surface area contributed by atoms with Crippen molar-refractivity contribution in [3.05, 3.63) is 60.8 Å². The summed E-state index contributed by atoms with van der Waals surface area (Å²) in [5, 5.41) is 3.02. The van der Waals surface area contributed by atoms with Gasteiger partial charge in [0.1, 0.15) is 19.3 Å². The second-order valence-corrected chi connectivity index (χ2v) is 20.8. The molecule has 0 radical (unpaired) electrons. The van der Waals surface area contributed by atoms with E-state index in [1.807, 2.05) is 33.3 Å². The van der Waals surface area contributed by atoms with Gasteiger partial charge in [-0.2, -0.15) is 0 Å². The first kappa shape index (κ1) is 63.7. The van der Waals surface area contributed by atoms with Crippen molar-refractivity contribution in [2.75, 3.05) is 40.9 Å². The number of nitrogens with one attached hydrogen (secondary N) is 1. The maximum atomic E-state index is 13.4. The van der Waals surface area contributed by atoms with Gasteiger partial charge in [-0.1, -0.05) is 210 Å². The highest BCUT2D eigenvalue weighted by atomic mass is 31.2. The summed E-state index contributed by atoms with van der Waals surface area (Å²) >= 11 is 0. The van der Waals surface area contributed by atoms with Crippen molar-refractivity contribution in [3.8, 4) is 0 Å². The van der Waals surface area contributed by atoms with E-state index in [2.05, 4.69) is 74.7 Å². The van der Waals surface area contributed by atoms with Crippen LogP contribution in [0.3, 0.4) is 0 Å². The number of carbonyl (C=O) groups excluding carboxylic acids is 2. The first-order valence-corrected chi connectivity index (χ1v) is 28.6. The Hall–Kier alpha value is -2.29. The Labute approximate surface area is 407 Å². The Bertz CT molecular complexity index is 1320. The third-order valence-electron chi connectivity index (χ3n) is 11.7. The Kier molecular flexibility index (Phi) is 44.8. The van der Waals surface area contributed by atoms with Gasteiger partial charge in [0.15, 0.2) is 0 Å². The zero-order valence-corrected chi connectivity index (χ0v) is 44.6. The van der Waals surface area contributed by atoms with Gasteiger partial charge >= 0.3 is 13.8 Å². The third kappa shape index (κ3) is 46.8. The molecule has 0 bridgehead atoms. The Balaban J connectivity index is 5.46. The van der Waals surface area contributed by atoms with Crippen LogP contribution in [-0.2, 0) is 27.9 Å². The van der Waals surface area contributed by atoms with Gasteiger partial charge in [-0.3, -0.25) is 18.6 Å². The van der Waals surface area contributed by atoms with E-state index in [0.717, 1.165) is 83.5 Å². The lowest BCUT2D eigenvalue weighted by atomic mass is 10.0. The van der Waals surface area contributed by atoms with E-state index >= 15 is 0 Å². The molecule has 0 aliphatic rings. The van der Waals surface area contributed by atoms with Crippen LogP contribution in [0.5, 0.6) is 0 Å². The fourth-order valence-electron chi connectivity index (χ4n) is 7.52. The summed E-state index contributed by atoms with van der Waals surface area (Å²) < 4.78 is 30.5. The SMILES string of the molecule is CC/C=C/C/C=C/C/C=C/C/C=C/CCCCCC(=O)NC(COP(=O)(O)OCC[N+](C)(C)C)C(/C=C/CCCCCCCCCCCCC)OC(=O)CCCCCCCCCCCCC. The van der Waals surface area contributed by atoms with Crippen LogP contribution in [0.1, 0.15) is 233 Å². The lowest BCUT2D eigenvalue weighted by Gasteiger charge is -2.27. The van der Waals surface area contributed by atoms with Gasteiger partial charge in [0.25, 0.3) is 0 Å². The van der Waals surface area contributed by atoms with E-state index < -0.39 is 20.0 Å². The number of phosphoric acid groups is 1. The molecule has 3 atom stereocenters. The van der Waals surface area contributed by atoms with Crippen LogP contribution in [0, 0.1) is 0 Å². The molecule has 66 heavy (non-hydrogen) atoms. The highest BCUT2D eigenvalue weighted by molar-refractivity contribution is 7.47. The molecular formula is C56H104N2O7P+. The highest BCUT2D eigenvalue weighted by Gasteiger charge is 2.30. The third-order valence-corrected chi connectivity index (χ3v) is 12.7.